The van der Waals surface area contributed by atoms with Gasteiger partial charge in [-0.05, 0) is 37.5 Å². The molecule has 19 heavy (non-hydrogen) atoms. The minimum atomic E-state index is -1.39. The lowest BCUT2D eigenvalue weighted by Gasteiger charge is -2.14. The molecular formula is C14H22N2O2S. The maximum Gasteiger partial charge on any atom is 0.233 e. The summed E-state index contributed by atoms with van der Waals surface area (Å²) in [6.07, 6.45) is 1.75. The SMILES string of the molecule is CCC(CC)NC(=O)CS(=O)c1ccc(C)cc1N. The Morgan fingerprint density at radius 1 is 1.37 bits per heavy atom. The molecular weight excluding hydrogens is 260 g/mol. The third kappa shape index (κ3) is 4.67. The largest absolute Gasteiger partial charge is 0.398 e. The first-order chi connectivity index (χ1) is 8.97. The number of benzene rings is 1. The highest BCUT2D eigenvalue weighted by molar-refractivity contribution is 7.86. The van der Waals surface area contributed by atoms with E-state index in [0.29, 0.717) is 10.6 Å². The van der Waals surface area contributed by atoms with Crippen LogP contribution in [0.4, 0.5) is 5.69 Å². The van der Waals surface area contributed by atoms with Gasteiger partial charge in [0.1, 0.15) is 5.75 Å². The van der Waals surface area contributed by atoms with Crippen molar-refractivity contribution in [3.63, 3.8) is 0 Å². The molecule has 0 spiro atoms. The van der Waals surface area contributed by atoms with Crippen LogP contribution in [-0.4, -0.2) is 21.9 Å². The van der Waals surface area contributed by atoms with Crippen molar-refractivity contribution in [2.45, 2.75) is 44.6 Å². The third-order valence-corrected chi connectivity index (χ3v) is 4.41. The lowest BCUT2D eigenvalue weighted by atomic mass is 10.2. The second-order valence-electron chi connectivity index (χ2n) is 4.61. The lowest BCUT2D eigenvalue weighted by Crippen LogP contribution is -2.36. The minimum absolute atomic E-state index is 0.0379. The van der Waals surface area contributed by atoms with E-state index in [-0.39, 0.29) is 17.7 Å². The summed E-state index contributed by atoms with van der Waals surface area (Å²) in [5.74, 6) is -0.226. The summed E-state index contributed by atoms with van der Waals surface area (Å²) >= 11 is 0. The molecule has 1 atom stereocenters. The van der Waals surface area contributed by atoms with E-state index in [0.717, 1.165) is 18.4 Å². The Morgan fingerprint density at radius 2 is 2.00 bits per heavy atom. The molecule has 1 unspecified atom stereocenters. The first-order valence-electron chi connectivity index (χ1n) is 6.51. The van der Waals surface area contributed by atoms with E-state index in [9.17, 15) is 9.00 Å². The van der Waals surface area contributed by atoms with Crippen LogP contribution in [0.5, 0.6) is 0 Å². The molecule has 1 amide bonds. The molecule has 3 N–H and O–H groups in total. The van der Waals surface area contributed by atoms with Gasteiger partial charge in [-0.1, -0.05) is 19.9 Å². The van der Waals surface area contributed by atoms with Crippen LogP contribution in [0.25, 0.3) is 0 Å². The fourth-order valence-electron chi connectivity index (χ4n) is 1.83. The van der Waals surface area contributed by atoms with Crippen molar-refractivity contribution in [3.8, 4) is 0 Å². The van der Waals surface area contributed by atoms with Crippen molar-refractivity contribution < 1.29 is 9.00 Å². The van der Waals surface area contributed by atoms with Crippen molar-refractivity contribution in [1.82, 2.24) is 5.32 Å². The summed E-state index contributed by atoms with van der Waals surface area (Å²) in [5.41, 5.74) is 7.32. The maximum absolute atomic E-state index is 12.1. The average molecular weight is 282 g/mol. The van der Waals surface area contributed by atoms with Crippen LogP contribution in [0.1, 0.15) is 32.3 Å². The Morgan fingerprint density at radius 3 is 2.53 bits per heavy atom. The van der Waals surface area contributed by atoms with Gasteiger partial charge < -0.3 is 11.1 Å². The number of anilines is 1. The third-order valence-electron chi connectivity index (χ3n) is 3.02. The predicted octanol–water partition coefficient (Wildman–Crippen LogP) is 1.99. The topological polar surface area (TPSA) is 72.2 Å². The second-order valence-corrected chi connectivity index (χ2v) is 6.03. The number of nitrogen functional groups attached to an aromatic ring is 1. The standard InChI is InChI=1S/C14H22N2O2S/c1-4-11(5-2)16-14(17)9-19(18)13-7-6-10(3)8-12(13)15/h6-8,11H,4-5,9,15H2,1-3H3,(H,16,17). The Labute approximate surface area is 117 Å². The van der Waals surface area contributed by atoms with Gasteiger partial charge in [-0.3, -0.25) is 9.00 Å². The van der Waals surface area contributed by atoms with Gasteiger partial charge in [-0.2, -0.15) is 0 Å². The van der Waals surface area contributed by atoms with Crippen LogP contribution >= 0.6 is 0 Å². The van der Waals surface area contributed by atoms with Gasteiger partial charge >= 0.3 is 0 Å². The van der Waals surface area contributed by atoms with E-state index in [4.69, 9.17) is 5.73 Å². The molecule has 0 saturated carbocycles. The molecule has 0 aromatic heterocycles. The van der Waals surface area contributed by atoms with Gasteiger partial charge in [0.25, 0.3) is 0 Å². The molecule has 0 bridgehead atoms. The van der Waals surface area contributed by atoms with E-state index >= 15 is 0 Å². The van der Waals surface area contributed by atoms with Gasteiger partial charge in [0.15, 0.2) is 0 Å². The monoisotopic (exact) mass is 282 g/mol. The average Bonchev–Trinajstić information content (AvgIpc) is 2.35. The van der Waals surface area contributed by atoms with Gasteiger partial charge in [0, 0.05) is 11.7 Å². The number of amides is 1. The van der Waals surface area contributed by atoms with Crippen molar-refractivity contribution in [1.29, 1.82) is 0 Å². The molecule has 0 fully saturated rings. The van der Waals surface area contributed by atoms with E-state index < -0.39 is 10.8 Å². The molecule has 0 saturated heterocycles. The molecule has 0 radical (unpaired) electrons. The number of nitrogens with two attached hydrogens (primary N) is 1. The molecule has 106 valence electrons. The summed E-state index contributed by atoms with van der Waals surface area (Å²) in [4.78, 5) is 12.3. The van der Waals surface area contributed by atoms with Crippen LogP contribution < -0.4 is 11.1 Å². The number of nitrogens with one attached hydrogen (secondary N) is 1. The lowest BCUT2D eigenvalue weighted by molar-refractivity contribution is -0.119. The van der Waals surface area contributed by atoms with Gasteiger partial charge in [0.2, 0.25) is 5.91 Å². The van der Waals surface area contributed by atoms with Crippen LogP contribution in [0, 0.1) is 6.92 Å². The molecule has 0 aliphatic carbocycles. The fourth-order valence-corrected chi connectivity index (χ4v) is 2.85. The summed E-state index contributed by atoms with van der Waals surface area (Å²) in [6, 6.07) is 5.50. The highest BCUT2D eigenvalue weighted by Crippen LogP contribution is 2.18. The van der Waals surface area contributed by atoms with E-state index in [1.165, 1.54) is 0 Å². The number of rotatable bonds is 6. The van der Waals surface area contributed by atoms with Gasteiger partial charge in [-0.25, -0.2) is 0 Å². The summed E-state index contributed by atoms with van der Waals surface area (Å²) in [7, 11) is -1.39. The van der Waals surface area contributed by atoms with E-state index in [1.54, 1.807) is 12.1 Å². The normalized spacial score (nSPS) is 12.4. The molecule has 0 heterocycles. The first kappa shape index (κ1) is 15.7. The molecule has 0 aliphatic rings. The Bertz CT molecular complexity index is 471. The molecule has 1 aromatic rings. The minimum Gasteiger partial charge on any atom is -0.398 e. The fraction of sp³-hybridized carbons (Fsp3) is 0.500. The molecule has 1 aromatic carbocycles. The number of carbonyl (C=O) groups excluding carboxylic acids is 1. The number of hydrogen-bond acceptors (Lipinski definition) is 3. The highest BCUT2D eigenvalue weighted by atomic mass is 32.2. The molecule has 1 rings (SSSR count). The smallest absolute Gasteiger partial charge is 0.233 e. The van der Waals surface area contributed by atoms with Crippen LogP contribution in [0.3, 0.4) is 0 Å². The zero-order valence-corrected chi connectivity index (χ0v) is 12.5. The van der Waals surface area contributed by atoms with Crippen molar-refractivity contribution >= 4 is 22.4 Å². The zero-order valence-electron chi connectivity index (χ0n) is 11.7. The Kier molecular flexibility index (Phi) is 6.02. The van der Waals surface area contributed by atoms with E-state index in [1.807, 2.05) is 26.8 Å². The van der Waals surface area contributed by atoms with Crippen LogP contribution in [0.15, 0.2) is 23.1 Å². The Balaban J connectivity index is 2.66. The zero-order chi connectivity index (χ0) is 14.4. The summed E-state index contributed by atoms with van der Waals surface area (Å²) in [5, 5.41) is 2.88. The quantitative estimate of drug-likeness (QED) is 0.784. The van der Waals surface area contributed by atoms with Crippen LogP contribution in [0.2, 0.25) is 0 Å². The van der Waals surface area contributed by atoms with E-state index in [2.05, 4.69) is 5.32 Å². The number of hydrogen-bond donors (Lipinski definition) is 2. The highest BCUT2D eigenvalue weighted by Gasteiger charge is 2.15. The first-order valence-corrected chi connectivity index (χ1v) is 7.83. The van der Waals surface area contributed by atoms with Crippen molar-refractivity contribution in [2.24, 2.45) is 0 Å². The molecule has 4 nitrogen and oxygen atoms in total. The number of aryl methyl sites for hydroxylation is 1. The van der Waals surface area contributed by atoms with Crippen molar-refractivity contribution in [3.05, 3.63) is 23.8 Å². The Hall–Kier alpha value is -1.36. The van der Waals surface area contributed by atoms with Gasteiger partial charge in [-0.15, -0.1) is 0 Å². The maximum atomic E-state index is 12.1. The second kappa shape index (κ2) is 7.28. The van der Waals surface area contributed by atoms with Gasteiger partial charge in [0.05, 0.1) is 15.7 Å². The van der Waals surface area contributed by atoms with Crippen molar-refractivity contribution in [2.75, 3.05) is 11.5 Å². The number of carbonyl (C=O) groups is 1. The molecule has 0 aliphatic heterocycles. The molecule has 5 heteroatoms. The predicted molar refractivity (Wildman–Crippen MR) is 79.4 cm³/mol. The van der Waals surface area contributed by atoms with Crippen LogP contribution in [-0.2, 0) is 15.6 Å². The summed E-state index contributed by atoms with van der Waals surface area (Å²) in [6.45, 7) is 5.95. The summed E-state index contributed by atoms with van der Waals surface area (Å²) < 4.78 is 12.1.